The molecule has 110 valence electrons. The van der Waals surface area contributed by atoms with E-state index in [1.807, 2.05) is 61.2 Å². The smallest absolute Gasteiger partial charge is 0.254 e. The molecule has 0 aliphatic carbocycles. The number of nitrogens with zero attached hydrogens (tertiary/aromatic N) is 1. The number of hydrogen-bond acceptors (Lipinski definition) is 2. The number of halogens is 1. The van der Waals surface area contributed by atoms with E-state index in [1.165, 1.54) is 0 Å². The lowest BCUT2D eigenvalue weighted by atomic mass is 10.1. The van der Waals surface area contributed by atoms with Crippen molar-refractivity contribution >= 4 is 27.5 Å². The quantitative estimate of drug-likeness (QED) is 0.850. The topological polar surface area (TPSA) is 46.3 Å². The highest BCUT2D eigenvalue weighted by atomic mass is 79.9. The van der Waals surface area contributed by atoms with E-state index in [-0.39, 0.29) is 5.91 Å². The second kappa shape index (κ2) is 6.76. The van der Waals surface area contributed by atoms with E-state index in [0.717, 1.165) is 26.9 Å². The number of carbonyl (C=O) groups excluding carboxylic acids is 1. The molecule has 0 unspecified atom stereocenters. The molecule has 2 aromatic rings. The minimum Gasteiger partial charge on any atom is -0.398 e. The van der Waals surface area contributed by atoms with Gasteiger partial charge in [-0.05, 0) is 49.2 Å². The lowest BCUT2D eigenvalue weighted by Gasteiger charge is -2.22. The summed E-state index contributed by atoms with van der Waals surface area (Å²) in [5, 5.41) is 0. The van der Waals surface area contributed by atoms with Crippen LogP contribution >= 0.6 is 15.9 Å². The summed E-state index contributed by atoms with van der Waals surface area (Å²) in [6.07, 6.45) is 0. The molecular weight excluding hydrogens is 328 g/mol. The normalized spacial score (nSPS) is 10.4. The zero-order chi connectivity index (χ0) is 15.4. The molecule has 3 nitrogen and oxygen atoms in total. The van der Waals surface area contributed by atoms with Crippen molar-refractivity contribution in [3.05, 3.63) is 63.6 Å². The van der Waals surface area contributed by atoms with Crippen molar-refractivity contribution in [1.82, 2.24) is 4.90 Å². The van der Waals surface area contributed by atoms with Crippen LogP contribution in [0.4, 0.5) is 5.69 Å². The predicted octanol–water partition coefficient (Wildman–Crippen LogP) is 4.00. The molecule has 0 aromatic heterocycles. The first kappa shape index (κ1) is 15.6. The largest absolute Gasteiger partial charge is 0.398 e. The number of rotatable bonds is 4. The van der Waals surface area contributed by atoms with E-state index in [4.69, 9.17) is 5.73 Å². The van der Waals surface area contributed by atoms with Gasteiger partial charge in [0.2, 0.25) is 0 Å². The van der Waals surface area contributed by atoms with Gasteiger partial charge >= 0.3 is 0 Å². The van der Waals surface area contributed by atoms with Gasteiger partial charge < -0.3 is 10.6 Å². The molecular formula is C17H19BrN2O. The van der Waals surface area contributed by atoms with Gasteiger partial charge in [-0.2, -0.15) is 0 Å². The van der Waals surface area contributed by atoms with Crippen molar-refractivity contribution in [2.45, 2.75) is 20.4 Å². The summed E-state index contributed by atoms with van der Waals surface area (Å²) in [5.41, 5.74) is 9.36. The van der Waals surface area contributed by atoms with Crippen LogP contribution in [0.1, 0.15) is 28.4 Å². The molecule has 2 N–H and O–H groups in total. The van der Waals surface area contributed by atoms with Crippen molar-refractivity contribution in [1.29, 1.82) is 0 Å². The summed E-state index contributed by atoms with van der Waals surface area (Å²) in [6, 6.07) is 13.4. The van der Waals surface area contributed by atoms with Crippen LogP contribution in [0.2, 0.25) is 0 Å². The first-order chi connectivity index (χ1) is 10.0. The monoisotopic (exact) mass is 346 g/mol. The number of carbonyl (C=O) groups is 1. The van der Waals surface area contributed by atoms with Crippen LogP contribution in [0.3, 0.4) is 0 Å². The van der Waals surface area contributed by atoms with Crippen LogP contribution in [-0.2, 0) is 6.54 Å². The highest BCUT2D eigenvalue weighted by molar-refractivity contribution is 9.10. The Morgan fingerprint density at radius 1 is 1.24 bits per heavy atom. The summed E-state index contributed by atoms with van der Waals surface area (Å²) in [4.78, 5) is 14.5. The summed E-state index contributed by atoms with van der Waals surface area (Å²) in [7, 11) is 0. The van der Waals surface area contributed by atoms with Crippen molar-refractivity contribution < 1.29 is 4.79 Å². The minimum atomic E-state index is 0.0331. The standard InChI is InChI=1S/C17H19BrN2O/c1-3-20(11-13-6-4-5-7-16(13)19)17(21)15-9-8-14(18)10-12(15)2/h4-10H,3,11,19H2,1-2H3. The fourth-order valence-electron chi connectivity index (χ4n) is 2.25. The van der Waals surface area contributed by atoms with Crippen molar-refractivity contribution in [2.75, 3.05) is 12.3 Å². The van der Waals surface area contributed by atoms with Gasteiger partial charge in [0.15, 0.2) is 0 Å². The van der Waals surface area contributed by atoms with E-state index in [2.05, 4.69) is 15.9 Å². The average Bonchev–Trinajstić information content (AvgIpc) is 2.46. The van der Waals surface area contributed by atoms with Crippen LogP contribution in [-0.4, -0.2) is 17.4 Å². The van der Waals surface area contributed by atoms with Gasteiger partial charge in [-0.25, -0.2) is 0 Å². The zero-order valence-corrected chi connectivity index (χ0v) is 13.9. The molecule has 0 spiro atoms. The van der Waals surface area contributed by atoms with E-state index >= 15 is 0 Å². The first-order valence-corrected chi connectivity index (χ1v) is 7.71. The Kier molecular flexibility index (Phi) is 5.02. The molecule has 0 aliphatic heterocycles. The van der Waals surface area contributed by atoms with E-state index in [9.17, 15) is 4.79 Å². The third-order valence-corrected chi connectivity index (χ3v) is 4.00. The number of hydrogen-bond donors (Lipinski definition) is 1. The Balaban J connectivity index is 2.25. The molecule has 4 heteroatoms. The maximum Gasteiger partial charge on any atom is 0.254 e. The summed E-state index contributed by atoms with van der Waals surface area (Å²) in [6.45, 7) is 5.09. The number of anilines is 1. The molecule has 0 radical (unpaired) electrons. The van der Waals surface area contributed by atoms with Crippen LogP contribution in [0.5, 0.6) is 0 Å². The Morgan fingerprint density at radius 2 is 1.95 bits per heavy atom. The Morgan fingerprint density at radius 3 is 2.57 bits per heavy atom. The van der Waals surface area contributed by atoms with Crippen LogP contribution in [0.25, 0.3) is 0 Å². The lowest BCUT2D eigenvalue weighted by Crippen LogP contribution is -2.31. The zero-order valence-electron chi connectivity index (χ0n) is 12.3. The fraction of sp³-hybridized carbons (Fsp3) is 0.235. The molecule has 0 heterocycles. The van der Waals surface area contributed by atoms with Crippen LogP contribution in [0, 0.1) is 6.92 Å². The molecule has 0 aliphatic rings. The molecule has 0 bridgehead atoms. The third kappa shape index (κ3) is 3.64. The number of benzene rings is 2. The highest BCUT2D eigenvalue weighted by Crippen LogP contribution is 2.20. The van der Waals surface area contributed by atoms with Gasteiger partial charge in [-0.1, -0.05) is 34.1 Å². The van der Waals surface area contributed by atoms with E-state index in [1.54, 1.807) is 0 Å². The van der Waals surface area contributed by atoms with E-state index in [0.29, 0.717) is 13.1 Å². The number of para-hydroxylation sites is 1. The van der Waals surface area contributed by atoms with E-state index < -0.39 is 0 Å². The molecule has 0 fully saturated rings. The first-order valence-electron chi connectivity index (χ1n) is 6.91. The second-order valence-corrected chi connectivity index (χ2v) is 5.89. The molecule has 1 amide bonds. The Bertz CT molecular complexity index is 655. The van der Waals surface area contributed by atoms with Crippen molar-refractivity contribution in [2.24, 2.45) is 0 Å². The minimum absolute atomic E-state index is 0.0331. The van der Waals surface area contributed by atoms with Gasteiger partial charge in [0.05, 0.1) is 0 Å². The molecule has 2 aromatic carbocycles. The SMILES string of the molecule is CCN(Cc1ccccc1N)C(=O)c1ccc(Br)cc1C. The van der Waals surface area contributed by atoms with Gasteiger partial charge in [-0.15, -0.1) is 0 Å². The van der Waals surface area contributed by atoms with Crippen LogP contribution in [0.15, 0.2) is 46.9 Å². The molecule has 21 heavy (non-hydrogen) atoms. The molecule has 0 atom stereocenters. The van der Waals surface area contributed by atoms with Crippen LogP contribution < -0.4 is 5.73 Å². The third-order valence-electron chi connectivity index (χ3n) is 3.50. The van der Waals surface area contributed by atoms with Crippen molar-refractivity contribution in [3.8, 4) is 0 Å². The fourth-order valence-corrected chi connectivity index (χ4v) is 2.72. The lowest BCUT2D eigenvalue weighted by molar-refractivity contribution is 0.0752. The maximum absolute atomic E-state index is 12.7. The Labute approximate surface area is 133 Å². The van der Waals surface area contributed by atoms with Gasteiger partial charge in [-0.3, -0.25) is 4.79 Å². The maximum atomic E-state index is 12.7. The number of nitrogens with two attached hydrogens (primary N) is 1. The van der Waals surface area contributed by atoms with Gasteiger partial charge in [0.1, 0.15) is 0 Å². The molecule has 2 rings (SSSR count). The van der Waals surface area contributed by atoms with Gasteiger partial charge in [0.25, 0.3) is 5.91 Å². The number of nitrogen functional groups attached to an aromatic ring is 1. The Hall–Kier alpha value is -1.81. The predicted molar refractivity (Wildman–Crippen MR) is 90.1 cm³/mol. The summed E-state index contributed by atoms with van der Waals surface area (Å²) in [5.74, 6) is 0.0331. The average molecular weight is 347 g/mol. The number of aryl methyl sites for hydroxylation is 1. The summed E-state index contributed by atoms with van der Waals surface area (Å²) < 4.78 is 0.979. The second-order valence-electron chi connectivity index (χ2n) is 4.98. The molecule has 0 saturated heterocycles. The highest BCUT2D eigenvalue weighted by Gasteiger charge is 2.17. The number of amides is 1. The molecule has 0 saturated carbocycles. The van der Waals surface area contributed by atoms with Gasteiger partial charge in [0, 0.05) is 28.8 Å². The summed E-state index contributed by atoms with van der Waals surface area (Å²) >= 11 is 3.42. The van der Waals surface area contributed by atoms with Crippen molar-refractivity contribution in [3.63, 3.8) is 0 Å².